The Hall–Kier alpha value is -3.40. The van der Waals surface area contributed by atoms with Crippen LogP contribution >= 0.6 is 0 Å². The summed E-state index contributed by atoms with van der Waals surface area (Å²) in [6.07, 6.45) is 15.7. The van der Waals surface area contributed by atoms with Crippen molar-refractivity contribution in [3.8, 4) is 34.1 Å². The van der Waals surface area contributed by atoms with Gasteiger partial charge >= 0.3 is 0 Å². The zero-order valence-electron chi connectivity index (χ0n) is 23.8. The Balaban J connectivity index is 1.98. The molecule has 0 radical (unpaired) electrons. The number of benzene rings is 2. The average Bonchev–Trinajstić information content (AvgIpc) is 2.89. The molecule has 0 heterocycles. The quantitative estimate of drug-likeness (QED) is 0.404. The number of rotatable bonds is 3. The number of hydrogen-bond acceptors (Lipinski definition) is 4. The molecule has 0 unspecified atom stereocenters. The minimum Gasteiger partial charge on any atom is -0.507 e. The molecule has 0 aliphatic heterocycles. The monoisotopic (exact) mass is 514 g/mol. The summed E-state index contributed by atoms with van der Waals surface area (Å²) >= 11 is 0. The average molecular weight is 515 g/mol. The van der Waals surface area contributed by atoms with Crippen molar-refractivity contribution in [2.24, 2.45) is 0 Å². The minimum atomic E-state index is 0.195. The van der Waals surface area contributed by atoms with Crippen LogP contribution in [0.5, 0.6) is 23.0 Å². The van der Waals surface area contributed by atoms with Gasteiger partial charge in [-0.25, -0.2) is 0 Å². The van der Waals surface area contributed by atoms with Gasteiger partial charge in [0.05, 0.1) is 14.2 Å². The predicted octanol–water partition coefficient (Wildman–Crippen LogP) is 8.32. The molecule has 4 heteroatoms. The molecule has 0 atom stereocenters. The molecule has 4 nitrogen and oxygen atoms in total. The molecule has 0 saturated carbocycles. The molecule has 0 saturated heterocycles. The van der Waals surface area contributed by atoms with Crippen LogP contribution in [0.25, 0.3) is 11.1 Å². The normalized spacial score (nSPS) is 22.2. The van der Waals surface area contributed by atoms with E-state index in [0.717, 1.165) is 59.4 Å². The molecule has 2 aromatic carbocycles. The molecule has 2 aliphatic rings. The van der Waals surface area contributed by atoms with E-state index in [-0.39, 0.29) is 11.5 Å². The molecule has 0 amide bonds. The molecular weight excluding hydrogens is 472 g/mol. The Bertz CT molecular complexity index is 1230. The van der Waals surface area contributed by atoms with Gasteiger partial charge in [-0.15, -0.1) is 0 Å². The van der Waals surface area contributed by atoms with Gasteiger partial charge < -0.3 is 19.7 Å². The van der Waals surface area contributed by atoms with Crippen molar-refractivity contribution in [1.82, 2.24) is 0 Å². The maximum atomic E-state index is 11.8. The van der Waals surface area contributed by atoms with Crippen LogP contribution in [0.15, 0.2) is 58.7 Å². The summed E-state index contributed by atoms with van der Waals surface area (Å²) in [4.78, 5) is 0. The minimum absolute atomic E-state index is 0.195. The van der Waals surface area contributed by atoms with E-state index < -0.39 is 0 Å². The first-order chi connectivity index (χ1) is 18.2. The van der Waals surface area contributed by atoms with Crippen LogP contribution < -0.4 is 9.47 Å². The number of ether oxygens (including phenoxy) is 2. The molecule has 0 spiro atoms. The fourth-order valence-electron chi connectivity index (χ4n) is 5.64. The van der Waals surface area contributed by atoms with Gasteiger partial charge in [0.25, 0.3) is 0 Å². The summed E-state index contributed by atoms with van der Waals surface area (Å²) in [5.41, 5.74) is 9.91. The van der Waals surface area contributed by atoms with Crippen molar-refractivity contribution in [3.05, 3.63) is 81.0 Å². The Kier molecular flexibility index (Phi) is 8.71. The summed E-state index contributed by atoms with van der Waals surface area (Å²) in [6.45, 7) is 8.55. The van der Waals surface area contributed by atoms with Crippen LogP contribution in [-0.4, -0.2) is 24.4 Å². The third-order valence-corrected chi connectivity index (χ3v) is 7.97. The van der Waals surface area contributed by atoms with E-state index >= 15 is 0 Å². The summed E-state index contributed by atoms with van der Waals surface area (Å²) in [6, 6.07) is 3.74. The second kappa shape index (κ2) is 12.0. The Morgan fingerprint density at radius 3 is 1.32 bits per heavy atom. The molecule has 202 valence electrons. The van der Waals surface area contributed by atoms with Crippen LogP contribution in [0.1, 0.15) is 75.6 Å². The second-order valence-corrected chi connectivity index (χ2v) is 10.9. The van der Waals surface area contributed by atoms with E-state index in [9.17, 15) is 10.2 Å². The Morgan fingerprint density at radius 2 is 0.947 bits per heavy atom. The Morgan fingerprint density at radius 1 is 0.553 bits per heavy atom. The third-order valence-electron chi connectivity index (χ3n) is 7.97. The third kappa shape index (κ3) is 5.85. The highest BCUT2D eigenvalue weighted by atomic mass is 16.5. The lowest BCUT2D eigenvalue weighted by Crippen LogP contribution is -2.05. The van der Waals surface area contributed by atoms with Crippen molar-refractivity contribution >= 4 is 0 Å². The molecule has 2 N–H and O–H groups in total. The molecule has 2 aromatic rings. The van der Waals surface area contributed by atoms with Crippen LogP contribution in [0.2, 0.25) is 0 Å². The molecule has 38 heavy (non-hydrogen) atoms. The summed E-state index contributed by atoms with van der Waals surface area (Å²) in [5.74, 6) is 1.83. The van der Waals surface area contributed by atoms with E-state index in [4.69, 9.17) is 9.47 Å². The SMILES string of the molecule is COc1cc(-c2cc(OC)c3c(c2O)C/C(C)=C\CC/C(C)=C\C3)c(O)c2c1C/C=C(/C)CC/C=C(/C)C2. The fraction of sp³-hybridized carbons (Fsp3) is 0.412. The van der Waals surface area contributed by atoms with E-state index in [1.807, 2.05) is 12.1 Å². The first-order valence-electron chi connectivity index (χ1n) is 13.7. The van der Waals surface area contributed by atoms with Crippen molar-refractivity contribution in [1.29, 1.82) is 0 Å². The molecular formula is C34H42O4. The van der Waals surface area contributed by atoms with Crippen LogP contribution in [-0.2, 0) is 25.7 Å². The lowest BCUT2D eigenvalue weighted by molar-refractivity contribution is 0.404. The zero-order chi connectivity index (χ0) is 27.4. The predicted molar refractivity (Wildman–Crippen MR) is 157 cm³/mol. The van der Waals surface area contributed by atoms with Gasteiger partial charge in [-0.2, -0.15) is 0 Å². The summed E-state index contributed by atoms with van der Waals surface area (Å²) in [7, 11) is 3.34. The maximum absolute atomic E-state index is 11.8. The number of methoxy groups -OCH3 is 2. The van der Waals surface area contributed by atoms with Gasteiger partial charge in [-0.05, 0) is 91.2 Å². The zero-order valence-corrected chi connectivity index (χ0v) is 23.8. The number of phenolic OH excluding ortho intramolecular Hbond substituents is 2. The van der Waals surface area contributed by atoms with Crippen molar-refractivity contribution < 1.29 is 19.7 Å². The largest absolute Gasteiger partial charge is 0.507 e. The van der Waals surface area contributed by atoms with Crippen molar-refractivity contribution in [2.75, 3.05) is 14.2 Å². The molecule has 0 fully saturated rings. The van der Waals surface area contributed by atoms with Gasteiger partial charge in [0.15, 0.2) is 0 Å². The van der Waals surface area contributed by atoms with Crippen molar-refractivity contribution in [2.45, 2.75) is 79.1 Å². The molecule has 0 bridgehead atoms. The maximum Gasteiger partial charge on any atom is 0.127 e. The molecule has 2 aliphatic carbocycles. The smallest absolute Gasteiger partial charge is 0.127 e. The topological polar surface area (TPSA) is 58.9 Å². The molecule has 4 rings (SSSR count). The lowest BCUT2D eigenvalue weighted by Gasteiger charge is -2.23. The van der Waals surface area contributed by atoms with Crippen molar-refractivity contribution in [3.63, 3.8) is 0 Å². The number of allylic oxidation sites excluding steroid dienone is 8. The van der Waals surface area contributed by atoms with E-state index in [0.29, 0.717) is 36.8 Å². The van der Waals surface area contributed by atoms with E-state index in [1.165, 1.54) is 22.3 Å². The molecule has 0 aromatic heterocycles. The Labute approximate surface area is 228 Å². The standard InChI is InChI=1S/C34H42O4/c1-21-9-7-11-23(3)17-27-25(15-13-21)31(37-5)19-29(33(27)35)30-20-32(38-6)26-16-14-22(2)10-8-12-24(4)18-28(26)34(30)36/h11-14,19-20,35-36H,7-10,15-18H2,1-6H3/b21-13-,22-14-,23-11-,24-12-. The van der Waals surface area contributed by atoms with Crippen LogP contribution in [0, 0.1) is 0 Å². The first kappa shape index (κ1) is 27.6. The lowest BCUT2D eigenvalue weighted by atomic mass is 9.86. The van der Waals surface area contributed by atoms with Gasteiger partial charge in [-0.3, -0.25) is 0 Å². The van der Waals surface area contributed by atoms with E-state index in [2.05, 4.69) is 52.0 Å². The highest BCUT2D eigenvalue weighted by Gasteiger charge is 2.25. The number of fused-ring (bicyclic) bond motifs is 2. The van der Waals surface area contributed by atoms with Gasteiger partial charge in [0.2, 0.25) is 0 Å². The highest BCUT2D eigenvalue weighted by Crippen LogP contribution is 2.48. The van der Waals surface area contributed by atoms with Crippen LogP contribution in [0.4, 0.5) is 0 Å². The van der Waals surface area contributed by atoms with E-state index in [1.54, 1.807) is 14.2 Å². The van der Waals surface area contributed by atoms with Gasteiger partial charge in [0, 0.05) is 33.4 Å². The van der Waals surface area contributed by atoms with Gasteiger partial charge in [-0.1, -0.05) is 46.6 Å². The van der Waals surface area contributed by atoms with Gasteiger partial charge in [0.1, 0.15) is 23.0 Å². The van der Waals surface area contributed by atoms with Crippen LogP contribution in [0.3, 0.4) is 0 Å². The summed E-state index contributed by atoms with van der Waals surface area (Å²) in [5, 5.41) is 23.5. The fourth-order valence-corrected chi connectivity index (χ4v) is 5.64. The number of hydrogen-bond donors (Lipinski definition) is 2. The number of aromatic hydroxyl groups is 2. The highest BCUT2D eigenvalue weighted by molar-refractivity contribution is 5.82. The number of phenols is 2. The first-order valence-corrected chi connectivity index (χ1v) is 13.7. The summed E-state index contributed by atoms with van der Waals surface area (Å²) < 4.78 is 11.8. The second-order valence-electron chi connectivity index (χ2n) is 10.9.